The minimum atomic E-state index is 0.735. The molecule has 2 saturated heterocycles. The van der Waals surface area contributed by atoms with Gasteiger partial charge in [0.05, 0.1) is 6.54 Å². The van der Waals surface area contributed by atoms with Crippen LogP contribution in [0, 0.1) is 18.3 Å². The molecule has 2 fully saturated rings. The molecule has 17 heavy (non-hydrogen) atoms. The molecule has 0 saturated carbocycles. The Hall–Kier alpha value is -0.170. The van der Waals surface area contributed by atoms with Crippen molar-refractivity contribution in [2.75, 3.05) is 37.7 Å². The molecule has 0 atom stereocenters. The average molecular weight is 252 g/mol. The summed E-state index contributed by atoms with van der Waals surface area (Å²) < 4.78 is 0. The van der Waals surface area contributed by atoms with Gasteiger partial charge in [0, 0.05) is 19.1 Å². The first-order chi connectivity index (χ1) is 8.38. The summed E-state index contributed by atoms with van der Waals surface area (Å²) in [6.07, 6.45) is 10.7. The topological polar surface area (TPSA) is 15.3 Å². The quantitative estimate of drug-likeness (QED) is 0.768. The zero-order chi connectivity index (χ0) is 11.9. The standard InChI is InChI=1S/C14H24N2S/c1-2-7-16-8-3-14(4-9-16)15-12-13-5-10-17-11-6-13/h1,13-15H,3-12H2. The van der Waals surface area contributed by atoms with Gasteiger partial charge in [-0.2, -0.15) is 11.8 Å². The van der Waals surface area contributed by atoms with Crippen LogP contribution in [-0.2, 0) is 0 Å². The third-order valence-electron chi connectivity index (χ3n) is 3.94. The van der Waals surface area contributed by atoms with Gasteiger partial charge in [0.1, 0.15) is 0 Å². The van der Waals surface area contributed by atoms with E-state index in [1.54, 1.807) is 0 Å². The molecule has 2 nitrogen and oxygen atoms in total. The van der Waals surface area contributed by atoms with E-state index in [2.05, 4.69) is 27.9 Å². The summed E-state index contributed by atoms with van der Waals surface area (Å²) in [6, 6.07) is 0.735. The average Bonchev–Trinajstić information content (AvgIpc) is 2.40. The van der Waals surface area contributed by atoms with Crippen molar-refractivity contribution in [1.29, 1.82) is 0 Å². The molecular weight excluding hydrogens is 228 g/mol. The third kappa shape index (κ3) is 4.54. The molecule has 0 aromatic heterocycles. The van der Waals surface area contributed by atoms with E-state index >= 15 is 0 Å². The molecule has 0 aromatic rings. The summed E-state index contributed by atoms with van der Waals surface area (Å²) in [5.74, 6) is 6.41. The van der Waals surface area contributed by atoms with E-state index < -0.39 is 0 Å². The third-order valence-corrected chi connectivity index (χ3v) is 4.99. The smallest absolute Gasteiger partial charge is 0.0598 e. The number of likely N-dealkylation sites (tertiary alicyclic amines) is 1. The molecule has 3 heteroatoms. The van der Waals surface area contributed by atoms with E-state index in [9.17, 15) is 0 Å². The first kappa shape index (κ1) is 13.3. The highest BCUT2D eigenvalue weighted by atomic mass is 32.2. The van der Waals surface area contributed by atoms with Crippen molar-refractivity contribution in [3.05, 3.63) is 0 Å². The Morgan fingerprint density at radius 2 is 1.88 bits per heavy atom. The molecule has 2 heterocycles. The number of rotatable bonds is 4. The Bertz CT molecular complexity index is 247. The largest absolute Gasteiger partial charge is 0.314 e. The van der Waals surface area contributed by atoms with Gasteiger partial charge in [-0.25, -0.2) is 0 Å². The van der Waals surface area contributed by atoms with E-state index in [4.69, 9.17) is 6.42 Å². The second-order valence-electron chi connectivity index (χ2n) is 5.22. The Morgan fingerprint density at radius 3 is 2.53 bits per heavy atom. The Balaban J connectivity index is 1.59. The molecule has 2 aliphatic rings. The monoisotopic (exact) mass is 252 g/mol. The maximum atomic E-state index is 5.34. The summed E-state index contributed by atoms with van der Waals surface area (Å²) in [4.78, 5) is 2.38. The van der Waals surface area contributed by atoms with E-state index in [1.807, 2.05) is 0 Å². The van der Waals surface area contributed by atoms with Crippen LogP contribution >= 0.6 is 11.8 Å². The van der Waals surface area contributed by atoms with Gasteiger partial charge in [0.15, 0.2) is 0 Å². The maximum Gasteiger partial charge on any atom is 0.0598 e. The van der Waals surface area contributed by atoms with Crippen molar-refractivity contribution >= 4 is 11.8 Å². The molecule has 0 unspecified atom stereocenters. The molecule has 0 bridgehead atoms. The van der Waals surface area contributed by atoms with Crippen LogP contribution in [0.2, 0.25) is 0 Å². The van der Waals surface area contributed by atoms with Gasteiger partial charge in [0.25, 0.3) is 0 Å². The van der Waals surface area contributed by atoms with Crippen LogP contribution in [0.1, 0.15) is 25.7 Å². The SMILES string of the molecule is C#CCN1CCC(NCC2CCSCC2)CC1. The molecule has 2 rings (SSSR count). The molecular formula is C14H24N2S. The molecule has 0 amide bonds. The van der Waals surface area contributed by atoms with Crippen molar-refractivity contribution < 1.29 is 0 Å². The highest BCUT2D eigenvalue weighted by molar-refractivity contribution is 7.99. The normalized spacial score (nSPS) is 24.6. The summed E-state index contributed by atoms with van der Waals surface area (Å²) in [5.41, 5.74) is 0. The number of hydrogen-bond donors (Lipinski definition) is 1. The number of thioether (sulfide) groups is 1. The van der Waals surface area contributed by atoms with Crippen LogP contribution in [-0.4, -0.2) is 48.6 Å². The van der Waals surface area contributed by atoms with Crippen molar-refractivity contribution in [3.8, 4) is 12.3 Å². The van der Waals surface area contributed by atoms with Gasteiger partial charge in [0.2, 0.25) is 0 Å². The van der Waals surface area contributed by atoms with Crippen molar-refractivity contribution in [2.45, 2.75) is 31.7 Å². The van der Waals surface area contributed by atoms with Crippen molar-refractivity contribution in [3.63, 3.8) is 0 Å². The van der Waals surface area contributed by atoms with Gasteiger partial charge in [-0.1, -0.05) is 5.92 Å². The first-order valence-electron chi connectivity index (χ1n) is 6.85. The van der Waals surface area contributed by atoms with E-state index in [-0.39, 0.29) is 0 Å². The number of hydrogen-bond acceptors (Lipinski definition) is 3. The van der Waals surface area contributed by atoms with Crippen LogP contribution in [0.3, 0.4) is 0 Å². The number of nitrogens with one attached hydrogen (secondary N) is 1. The first-order valence-corrected chi connectivity index (χ1v) is 8.01. The van der Waals surface area contributed by atoms with Gasteiger partial charge in [-0.15, -0.1) is 6.42 Å². The number of piperidine rings is 1. The lowest BCUT2D eigenvalue weighted by Gasteiger charge is -2.32. The van der Waals surface area contributed by atoms with Gasteiger partial charge >= 0.3 is 0 Å². The predicted molar refractivity (Wildman–Crippen MR) is 76.3 cm³/mol. The fourth-order valence-corrected chi connectivity index (χ4v) is 3.91. The second-order valence-corrected chi connectivity index (χ2v) is 6.44. The van der Waals surface area contributed by atoms with E-state index in [0.29, 0.717) is 0 Å². The van der Waals surface area contributed by atoms with E-state index in [1.165, 1.54) is 56.8 Å². The maximum absolute atomic E-state index is 5.34. The highest BCUT2D eigenvalue weighted by Gasteiger charge is 2.20. The molecule has 0 radical (unpaired) electrons. The summed E-state index contributed by atoms with van der Waals surface area (Å²) in [6.45, 7) is 4.40. The minimum Gasteiger partial charge on any atom is -0.314 e. The number of terminal acetylenes is 1. The molecule has 2 aliphatic heterocycles. The predicted octanol–water partition coefficient (Wildman–Crippen LogP) is 1.82. The van der Waals surface area contributed by atoms with Crippen LogP contribution < -0.4 is 5.32 Å². The second kappa shape index (κ2) is 7.31. The van der Waals surface area contributed by atoms with Gasteiger partial charge in [-0.05, 0) is 49.7 Å². The fraction of sp³-hybridized carbons (Fsp3) is 0.857. The van der Waals surface area contributed by atoms with Crippen LogP contribution in [0.25, 0.3) is 0 Å². The van der Waals surface area contributed by atoms with E-state index in [0.717, 1.165) is 18.5 Å². The van der Waals surface area contributed by atoms with Crippen LogP contribution in [0.5, 0.6) is 0 Å². The summed E-state index contributed by atoms with van der Waals surface area (Å²) in [7, 11) is 0. The van der Waals surface area contributed by atoms with Crippen molar-refractivity contribution in [2.24, 2.45) is 5.92 Å². The minimum absolute atomic E-state index is 0.735. The lowest BCUT2D eigenvalue weighted by molar-refractivity contribution is 0.213. The van der Waals surface area contributed by atoms with Gasteiger partial charge < -0.3 is 5.32 Å². The Kier molecular flexibility index (Phi) is 5.70. The summed E-state index contributed by atoms with van der Waals surface area (Å²) in [5, 5.41) is 3.77. The lowest BCUT2D eigenvalue weighted by Crippen LogP contribution is -2.44. The summed E-state index contributed by atoms with van der Waals surface area (Å²) >= 11 is 2.11. The van der Waals surface area contributed by atoms with Crippen LogP contribution in [0.15, 0.2) is 0 Å². The lowest BCUT2D eigenvalue weighted by atomic mass is 10.0. The zero-order valence-corrected chi connectivity index (χ0v) is 11.5. The van der Waals surface area contributed by atoms with Crippen molar-refractivity contribution in [1.82, 2.24) is 10.2 Å². The Morgan fingerprint density at radius 1 is 1.18 bits per heavy atom. The number of nitrogens with zero attached hydrogens (tertiary/aromatic N) is 1. The highest BCUT2D eigenvalue weighted by Crippen LogP contribution is 2.22. The Labute approximate surface area is 110 Å². The zero-order valence-electron chi connectivity index (χ0n) is 10.7. The fourth-order valence-electron chi connectivity index (χ4n) is 2.71. The van der Waals surface area contributed by atoms with Gasteiger partial charge in [-0.3, -0.25) is 4.90 Å². The van der Waals surface area contributed by atoms with Crippen LogP contribution in [0.4, 0.5) is 0 Å². The molecule has 0 spiro atoms. The molecule has 0 aliphatic carbocycles. The molecule has 0 aromatic carbocycles. The molecule has 96 valence electrons. The molecule has 1 N–H and O–H groups in total.